The molecule has 2 rings (SSSR count). The Balaban J connectivity index is 0.00000312. The highest BCUT2D eigenvalue weighted by Gasteiger charge is 2.33. The van der Waals surface area contributed by atoms with E-state index in [1.54, 1.807) is 0 Å². The molecule has 0 bridgehead atoms. The van der Waals surface area contributed by atoms with Crippen molar-refractivity contribution in [1.29, 1.82) is 0 Å². The van der Waals surface area contributed by atoms with Gasteiger partial charge in [-0.3, -0.25) is 4.99 Å². The number of aliphatic imine (C=N–C) groups is 1. The second-order valence-electron chi connectivity index (χ2n) is 7.51. The molecule has 2 fully saturated rings. The number of nitrogens with zero attached hydrogens (tertiary/aromatic N) is 2. The first-order valence-corrected chi connectivity index (χ1v) is 9.96. The largest absolute Gasteiger partial charge is 0.382 e. The Hall–Kier alpha value is -0.0800. The summed E-state index contributed by atoms with van der Waals surface area (Å²) < 4.78 is 5.61. The van der Waals surface area contributed by atoms with Crippen molar-refractivity contribution in [3.63, 3.8) is 0 Å². The molecule has 1 unspecified atom stereocenters. The first-order valence-electron chi connectivity index (χ1n) is 9.96. The summed E-state index contributed by atoms with van der Waals surface area (Å²) >= 11 is 0. The molecule has 1 aliphatic heterocycles. The molecular weight excluding hydrogens is 427 g/mol. The van der Waals surface area contributed by atoms with Gasteiger partial charge in [0.25, 0.3) is 0 Å². The van der Waals surface area contributed by atoms with Crippen LogP contribution in [0.3, 0.4) is 0 Å². The molecule has 1 heterocycles. The number of hydrogen-bond donors (Lipinski definition) is 2. The summed E-state index contributed by atoms with van der Waals surface area (Å²) in [5, 5.41) is 7.14. The maximum Gasteiger partial charge on any atom is 0.191 e. The van der Waals surface area contributed by atoms with Gasteiger partial charge in [0.15, 0.2) is 5.96 Å². The molecule has 0 aromatic carbocycles. The molecule has 1 atom stereocenters. The van der Waals surface area contributed by atoms with E-state index in [0.29, 0.717) is 5.41 Å². The van der Waals surface area contributed by atoms with Crippen molar-refractivity contribution in [2.75, 3.05) is 53.0 Å². The number of ether oxygens (including phenoxy) is 1. The molecule has 0 aromatic heterocycles. The summed E-state index contributed by atoms with van der Waals surface area (Å²) in [4.78, 5) is 6.96. The van der Waals surface area contributed by atoms with Crippen molar-refractivity contribution in [2.24, 2.45) is 16.3 Å². The minimum Gasteiger partial charge on any atom is -0.382 e. The molecule has 2 aliphatic rings. The van der Waals surface area contributed by atoms with E-state index in [0.717, 1.165) is 38.2 Å². The van der Waals surface area contributed by atoms with Crippen LogP contribution in [0.2, 0.25) is 0 Å². The smallest absolute Gasteiger partial charge is 0.191 e. The molecule has 0 radical (unpaired) electrons. The molecule has 1 aliphatic carbocycles. The molecular formula is C19H39IN4O. The van der Waals surface area contributed by atoms with Crippen LogP contribution in [-0.2, 0) is 4.74 Å². The Morgan fingerprint density at radius 2 is 2.00 bits per heavy atom. The normalized spacial score (nSPS) is 23.5. The maximum atomic E-state index is 5.61. The fourth-order valence-electron chi connectivity index (χ4n) is 4.17. The molecule has 1 saturated carbocycles. The average molecular weight is 466 g/mol. The standard InChI is InChI=1S/C19H38N4O.HI/c1-4-23-12-8-17(15-23)14-21-18(20-3)22-16-19(9-6-7-10-19)11-13-24-5-2;/h17H,4-16H2,1-3H3,(H2,20,21,22);1H. The van der Waals surface area contributed by atoms with Gasteiger partial charge in [0.05, 0.1) is 0 Å². The van der Waals surface area contributed by atoms with E-state index >= 15 is 0 Å². The van der Waals surface area contributed by atoms with Gasteiger partial charge in [-0.15, -0.1) is 24.0 Å². The van der Waals surface area contributed by atoms with Crippen LogP contribution in [0, 0.1) is 11.3 Å². The predicted molar refractivity (Wildman–Crippen MR) is 117 cm³/mol. The van der Waals surface area contributed by atoms with Crippen LogP contribution in [0.25, 0.3) is 0 Å². The predicted octanol–water partition coefficient (Wildman–Crippen LogP) is 3.10. The number of guanidine groups is 1. The number of likely N-dealkylation sites (tertiary alicyclic amines) is 1. The topological polar surface area (TPSA) is 48.9 Å². The molecule has 148 valence electrons. The second kappa shape index (κ2) is 12.3. The SMILES string of the molecule is CCOCCC1(CNC(=NC)NCC2CCN(CC)C2)CCCC1.I. The van der Waals surface area contributed by atoms with E-state index < -0.39 is 0 Å². The lowest BCUT2D eigenvalue weighted by Crippen LogP contribution is -2.45. The van der Waals surface area contributed by atoms with Crippen molar-refractivity contribution >= 4 is 29.9 Å². The number of nitrogens with one attached hydrogen (secondary N) is 2. The highest BCUT2D eigenvalue weighted by Crippen LogP contribution is 2.40. The van der Waals surface area contributed by atoms with Crippen molar-refractivity contribution in [3.05, 3.63) is 0 Å². The highest BCUT2D eigenvalue weighted by atomic mass is 127. The lowest BCUT2D eigenvalue weighted by molar-refractivity contribution is 0.105. The first-order chi connectivity index (χ1) is 11.7. The van der Waals surface area contributed by atoms with Gasteiger partial charge in [-0.2, -0.15) is 0 Å². The Bertz CT molecular complexity index is 386. The molecule has 1 saturated heterocycles. The molecule has 2 N–H and O–H groups in total. The van der Waals surface area contributed by atoms with Gasteiger partial charge in [0.2, 0.25) is 0 Å². The van der Waals surface area contributed by atoms with Crippen LogP contribution in [0.1, 0.15) is 52.4 Å². The molecule has 5 nitrogen and oxygen atoms in total. The van der Waals surface area contributed by atoms with Crippen LogP contribution >= 0.6 is 24.0 Å². The maximum absolute atomic E-state index is 5.61. The Kier molecular flexibility index (Phi) is 11.3. The number of hydrogen-bond acceptors (Lipinski definition) is 3. The van der Waals surface area contributed by atoms with Gasteiger partial charge in [-0.05, 0) is 57.0 Å². The lowest BCUT2D eigenvalue weighted by Gasteiger charge is -2.30. The fourth-order valence-corrected chi connectivity index (χ4v) is 4.17. The van der Waals surface area contributed by atoms with Crippen LogP contribution in [0.5, 0.6) is 0 Å². The van der Waals surface area contributed by atoms with Crippen molar-refractivity contribution < 1.29 is 4.74 Å². The van der Waals surface area contributed by atoms with Gasteiger partial charge in [0.1, 0.15) is 0 Å². The Morgan fingerprint density at radius 3 is 2.60 bits per heavy atom. The molecule has 0 spiro atoms. The van der Waals surface area contributed by atoms with E-state index in [1.807, 2.05) is 7.05 Å². The molecule has 6 heteroatoms. The quantitative estimate of drug-likeness (QED) is 0.237. The summed E-state index contributed by atoms with van der Waals surface area (Å²) in [7, 11) is 1.88. The Morgan fingerprint density at radius 1 is 1.24 bits per heavy atom. The van der Waals surface area contributed by atoms with Crippen molar-refractivity contribution in [1.82, 2.24) is 15.5 Å². The van der Waals surface area contributed by atoms with E-state index in [1.165, 1.54) is 58.2 Å². The monoisotopic (exact) mass is 466 g/mol. The van der Waals surface area contributed by atoms with E-state index in [9.17, 15) is 0 Å². The number of halogens is 1. The first kappa shape index (κ1) is 23.0. The third kappa shape index (κ3) is 7.59. The van der Waals surface area contributed by atoms with Gasteiger partial charge in [-0.25, -0.2) is 0 Å². The third-order valence-electron chi connectivity index (χ3n) is 5.87. The minimum atomic E-state index is 0. The molecule has 0 amide bonds. The summed E-state index contributed by atoms with van der Waals surface area (Å²) in [5.41, 5.74) is 0.402. The molecule has 25 heavy (non-hydrogen) atoms. The summed E-state index contributed by atoms with van der Waals surface area (Å²) in [5.74, 6) is 1.72. The average Bonchev–Trinajstić information content (AvgIpc) is 3.25. The fraction of sp³-hybridized carbons (Fsp3) is 0.947. The van der Waals surface area contributed by atoms with Crippen LogP contribution in [0.15, 0.2) is 4.99 Å². The summed E-state index contributed by atoms with van der Waals surface area (Å²) in [6.07, 6.45) is 7.81. The van der Waals surface area contributed by atoms with Crippen LogP contribution in [-0.4, -0.2) is 63.8 Å². The summed E-state index contributed by atoms with van der Waals surface area (Å²) in [6.45, 7) is 11.7. The van der Waals surface area contributed by atoms with Crippen LogP contribution in [0.4, 0.5) is 0 Å². The molecule has 0 aromatic rings. The lowest BCUT2D eigenvalue weighted by atomic mass is 9.83. The van der Waals surface area contributed by atoms with Gasteiger partial charge in [0, 0.05) is 39.9 Å². The van der Waals surface area contributed by atoms with E-state index in [2.05, 4.69) is 34.4 Å². The van der Waals surface area contributed by atoms with Crippen molar-refractivity contribution in [3.8, 4) is 0 Å². The zero-order valence-corrected chi connectivity index (χ0v) is 18.8. The van der Waals surface area contributed by atoms with Gasteiger partial charge >= 0.3 is 0 Å². The van der Waals surface area contributed by atoms with E-state index in [-0.39, 0.29) is 24.0 Å². The highest BCUT2D eigenvalue weighted by molar-refractivity contribution is 14.0. The number of rotatable bonds is 9. The zero-order chi connectivity index (χ0) is 17.3. The van der Waals surface area contributed by atoms with Gasteiger partial charge in [-0.1, -0.05) is 19.8 Å². The van der Waals surface area contributed by atoms with Crippen molar-refractivity contribution in [2.45, 2.75) is 52.4 Å². The zero-order valence-electron chi connectivity index (χ0n) is 16.5. The summed E-state index contributed by atoms with van der Waals surface area (Å²) in [6, 6.07) is 0. The van der Waals surface area contributed by atoms with Gasteiger partial charge < -0.3 is 20.3 Å². The Labute approximate surface area is 171 Å². The second-order valence-corrected chi connectivity index (χ2v) is 7.51. The van der Waals surface area contributed by atoms with Crippen LogP contribution < -0.4 is 10.6 Å². The third-order valence-corrected chi connectivity index (χ3v) is 5.87. The van der Waals surface area contributed by atoms with E-state index in [4.69, 9.17) is 4.74 Å². The minimum absolute atomic E-state index is 0.